The van der Waals surface area contributed by atoms with Crippen LogP contribution in [0.1, 0.15) is 20.3 Å². The SMILES string of the molecule is CNc1ccc([N+](=O)[O-])c(N2CCC(C(C)C)C2)n1. The van der Waals surface area contributed by atoms with E-state index < -0.39 is 0 Å². The quantitative estimate of drug-likeness (QED) is 0.668. The second-order valence-corrected chi connectivity index (χ2v) is 5.29. The molecule has 1 aliphatic rings. The van der Waals surface area contributed by atoms with Gasteiger partial charge in [0.05, 0.1) is 4.92 Å². The fourth-order valence-electron chi connectivity index (χ4n) is 2.48. The maximum Gasteiger partial charge on any atom is 0.311 e. The third kappa shape index (κ3) is 2.77. The summed E-state index contributed by atoms with van der Waals surface area (Å²) in [6, 6.07) is 3.16. The van der Waals surface area contributed by atoms with Crippen LogP contribution in [0.15, 0.2) is 12.1 Å². The minimum atomic E-state index is -0.357. The van der Waals surface area contributed by atoms with Gasteiger partial charge in [-0.2, -0.15) is 0 Å². The average Bonchev–Trinajstić information content (AvgIpc) is 2.87. The summed E-state index contributed by atoms with van der Waals surface area (Å²) < 4.78 is 0. The first-order valence-electron chi connectivity index (χ1n) is 6.61. The van der Waals surface area contributed by atoms with Crippen molar-refractivity contribution in [3.63, 3.8) is 0 Å². The van der Waals surface area contributed by atoms with Crippen LogP contribution in [0.5, 0.6) is 0 Å². The second-order valence-electron chi connectivity index (χ2n) is 5.29. The van der Waals surface area contributed by atoms with Crippen molar-refractivity contribution in [2.45, 2.75) is 20.3 Å². The molecule has 1 aromatic heterocycles. The zero-order valence-corrected chi connectivity index (χ0v) is 11.6. The molecule has 0 spiro atoms. The summed E-state index contributed by atoms with van der Waals surface area (Å²) in [7, 11) is 1.76. The molecule has 104 valence electrons. The third-order valence-corrected chi connectivity index (χ3v) is 3.77. The van der Waals surface area contributed by atoms with Crippen molar-refractivity contribution in [1.82, 2.24) is 4.98 Å². The molecule has 1 fully saturated rings. The maximum atomic E-state index is 11.1. The van der Waals surface area contributed by atoms with E-state index in [1.54, 1.807) is 13.1 Å². The highest BCUT2D eigenvalue weighted by Gasteiger charge is 2.30. The van der Waals surface area contributed by atoms with Crippen LogP contribution in [-0.2, 0) is 0 Å². The Labute approximate surface area is 113 Å². The van der Waals surface area contributed by atoms with Gasteiger partial charge in [0.1, 0.15) is 5.82 Å². The summed E-state index contributed by atoms with van der Waals surface area (Å²) in [5, 5.41) is 14.0. The van der Waals surface area contributed by atoms with Gasteiger partial charge in [0.25, 0.3) is 0 Å². The molecule has 0 bridgehead atoms. The van der Waals surface area contributed by atoms with Gasteiger partial charge >= 0.3 is 5.69 Å². The Morgan fingerprint density at radius 3 is 2.79 bits per heavy atom. The van der Waals surface area contributed by atoms with E-state index in [0.717, 1.165) is 19.5 Å². The number of aromatic nitrogens is 1. The van der Waals surface area contributed by atoms with Gasteiger partial charge in [-0.05, 0) is 24.3 Å². The summed E-state index contributed by atoms with van der Waals surface area (Å²) in [6.07, 6.45) is 1.07. The van der Waals surface area contributed by atoms with E-state index in [4.69, 9.17) is 0 Å². The molecule has 0 radical (unpaired) electrons. The van der Waals surface area contributed by atoms with Crippen LogP contribution in [-0.4, -0.2) is 30.0 Å². The number of nitrogens with one attached hydrogen (secondary N) is 1. The number of rotatable bonds is 4. The summed E-state index contributed by atoms with van der Waals surface area (Å²) in [5.74, 6) is 2.32. The lowest BCUT2D eigenvalue weighted by Gasteiger charge is -2.19. The topological polar surface area (TPSA) is 71.3 Å². The minimum absolute atomic E-state index is 0.0865. The molecule has 6 heteroatoms. The Morgan fingerprint density at radius 2 is 2.26 bits per heavy atom. The molecule has 1 saturated heterocycles. The Kier molecular flexibility index (Phi) is 3.87. The van der Waals surface area contributed by atoms with Crippen molar-refractivity contribution in [3.8, 4) is 0 Å². The molecule has 19 heavy (non-hydrogen) atoms. The van der Waals surface area contributed by atoms with Crippen LogP contribution in [0.3, 0.4) is 0 Å². The van der Waals surface area contributed by atoms with Gasteiger partial charge in [-0.1, -0.05) is 13.8 Å². The highest BCUT2D eigenvalue weighted by molar-refractivity contribution is 5.62. The Balaban J connectivity index is 2.30. The minimum Gasteiger partial charge on any atom is -0.373 e. The number of nitro groups is 1. The molecule has 0 amide bonds. The van der Waals surface area contributed by atoms with E-state index in [2.05, 4.69) is 24.1 Å². The standard InChI is InChI=1S/C13H20N4O2/c1-9(2)10-6-7-16(8-10)13-11(17(18)19)4-5-12(14-3)15-13/h4-5,9-10H,6-8H2,1-3H3,(H,14,15). The highest BCUT2D eigenvalue weighted by Crippen LogP contribution is 2.33. The summed E-state index contributed by atoms with van der Waals surface area (Å²) in [6.45, 7) is 6.07. The van der Waals surface area contributed by atoms with Crippen LogP contribution in [0.25, 0.3) is 0 Å². The van der Waals surface area contributed by atoms with Crippen molar-refractivity contribution in [1.29, 1.82) is 0 Å². The number of pyridine rings is 1. The Hall–Kier alpha value is -1.85. The highest BCUT2D eigenvalue weighted by atomic mass is 16.6. The average molecular weight is 264 g/mol. The van der Waals surface area contributed by atoms with Crippen LogP contribution in [0.2, 0.25) is 0 Å². The first kappa shape index (κ1) is 13.6. The van der Waals surface area contributed by atoms with Crippen LogP contribution >= 0.6 is 0 Å². The Bertz CT molecular complexity index is 476. The van der Waals surface area contributed by atoms with Crippen molar-refractivity contribution >= 4 is 17.3 Å². The van der Waals surface area contributed by atoms with E-state index in [0.29, 0.717) is 23.5 Å². The molecule has 2 heterocycles. The van der Waals surface area contributed by atoms with E-state index >= 15 is 0 Å². The zero-order valence-electron chi connectivity index (χ0n) is 11.6. The molecular weight excluding hydrogens is 244 g/mol. The number of anilines is 2. The van der Waals surface area contributed by atoms with Gasteiger partial charge in [0.2, 0.25) is 5.82 Å². The third-order valence-electron chi connectivity index (χ3n) is 3.77. The molecule has 0 aliphatic carbocycles. The van der Waals surface area contributed by atoms with Crippen molar-refractivity contribution < 1.29 is 4.92 Å². The van der Waals surface area contributed by atoms with Crippen LogP contribution < -0.4 is 10.2 Å². The summed E-state index contributed by atoms with van der Waals surface area (Å²) >= 11 is 0. The van der Waals surface area contributed by atoms with Gasteiger partial charge in [-0.3, -0.25) is 10.1 Å². The molecule has 1 atom stereocenters. The molecule has 1 N–H and O–H groups in total. The van der Waals surface area contributed by atoms with Gasteiger partial charge in [0, 0.05) is 26.2 Å². The van der Waals surface area contributed by atoms with E-state index in [1.807, 2.05) is 4.90 Å². The lowest BCUT2D eigenvalue weighted by molar-refractivity contribution is -0.384. The summed E-state index contributed by atoms with van der Waals surface area (Å²) in [4.78, 5) is 17.1. The predicted octanol–water partition coefficient (Wildman–Crippen LogP) is 2.51. The van der Waals surface area contributed by atoms with Crippen LogP contribution in [0, 0.1) is 22.0 Å². The monoisotopic (exact) mass is 264 g/mol. The molecule has 0 aromatic carbocycles. The molecule has 2 rings (SSSR count). The van der Waals surface area contributed by atoms with E-state index in [1.165, 1.54) is 6.07 Å². The van der Waals surface area contributed by atoms with E-state index in [9.17, 15) is 10.1 Å². The number of hydrogen-bond donors (Lipinski definition) is 1. The lowest BCUT2D eigenvalue weighted by Crippen LogP contribution is -2.23. The molecule has 0 saturated carbocycles. The largest absolute Gasteiger partial charge is 0.373 e. The molecule has 1 aliphatic heterocycles. The second kappa shape index (κ2) is 5.42. The molecular formula is C13H20N4O2. The van der Waals surface area contributed by atoms with Crippen molar-refractivity contribution in [2.24, 2.45) is 11.8 Å². The fourth-order valence-corrected chi connectivity index (χ4v) is 2.48. The first-order chi connectivity index (χ1) is 9.02. The van der Waals surface area contributed by atoms with Gasteiger partial charge in [0.15, 0.2) is 0 Å². The lowest BCUT2D eigenvalue weighted by atomic mass is 9.95. The van der Waals surface area contributed by atoms with E-state index in [-0.39, 0.29) is 10.6 Å². The van der Waals surface area contributed by atoms with Gasteiger partial charge in [-0.15, -0.1) is 0 Å². The number of nitrogens with zero attached hydrogens (tertiary/aromatic N) is 3. The molecule has 1 unspecified atom stereocenters. The molecule has 6 nitrogen and oxygen atoms in total. The Morgan fingerprint density at radius 1 is 1.53 bits per heavy atom. The van der Waals surface area contributed by atoms with Gasteiger partial charge in [-0.25, -0.2) is 4.98 Å². The van der Waals surface area contributed by atoms with Crippen LogP contribution in [0.4, 0.5) is 17.3 Å². The number of hydrogen-bond acceptors (Lipinski definition) is 5. The van der Waals surface area contributed by atoms with Gasteiger partial charge < -0.3 is 10.2 Å². The first-order valence-corrected chi connectivity index (χ1v) is 6.61. The summed E-state index contributed by atoms with van der Waals surface area (Å²) in [5.41, 5.74) is 0.0865. The zero-order chi connectivity index (χ0) is 14.0. The van der Waals surface area contributed by atoms with Crippen molar-refractivity contribution in [3.05, 3.63) is 22.2 Å². The maximum absolute atomic E-state index is 11.1. The van der Waals surface area contributed by atoms with Crippen molar-refractivity contribution in [2.75, 3.05) is 30.4 Å². The molecule has 1 aromatic rings. The smallest absolute Gasteiger partial charge is 0.311 e. The predicted molar refractivity (Wildman–Crippen MR) is 75.6 cm³/mol. The normalized spacial score (nSPS) is 18.9. The fraction of sp³-hybridized carbons (Fsp3) is 0.615.